The summed E-state index contributed by atoms with van der Waals surface area (Å²) < 4.78 is 41.9. The van der Waals surface area contributed by atoms with Crippen LogP contribution in [0.4, 0.5) is 38.1 Å². The standard InChI is InChI=1S/C37H40BrClF2N18O2/c1-19(33(60)46-24-16-57(14-22(24)40)35-48-30(29-32(50-35)54(3)18-42-29)45-25-15-55(4)52-34(25)61-5)13-58(17-26-44-23-7-6-21(39)27(41)28(23)47-26)37-51-36(56-10-8-53(2)9-11-56)49-31-20(38)12-43-59(31)37/h6-7,12,15,18,22,24H,1,8-11,13-14,16-17H2,2-5H3,(H,44,47)(H,46,60)(H,45,48,50)/t22-,24-/m1/s1. The van der Waals surface area contributed by atoms with Crippen molar-refractivity contribution in [2.75, 3.05) is 80.0 Å². The number of piperazine rings is 1. The van der Waals surface area contributed by atoms with Crippen molar-refractivity contribution in [3.8, 4) is 5.88 Å². The molecule has 1 aromatic carbocycles. The van der Waals surface area contributed by atoms with Crippen molar-refractivity contribution in [3.63, 3.8) is 0 Å². The third-order valence-electron chi connectivity index (χ3n) is 10.6. The number of H-pyrrole nitrogens is 1. The lowest BCUT2D eigenvalue weighted by molar-refractivity contribution is -0.118. The first-order chi connectivity index (χ1) is 29.3. The fourth-order valence-corrected chi connectivity index (χ4v) is 7.89. The summed E-state index contributed by atoms with van der Waals surface area (Å²) >= 11 is 9.65. The van der Waals surface area contributed by atoms with Crippen LogP contribution in [0.5, 0.6) is 5.88 Å². The van der Waals surface area contributed by atoms with Gasteiger partial charge in [0.15, 0.2) is 28.4 Å². The molecule has 3 N–H and O–H groups in total. The van der Waals surface area contributed by atoms with Gasteiger partial charge in [-0.2, -0.15) is 29.5 Å². The number of carbonyl (C=O) groups excluding carboxylic acids is 1. The number of amides is 1. The molecule has 2 aliphatic heterocycles. The monoisotopic (exact) mass is 920 g/mol. The highest BCUT2D eigenvalue weighted by molar-refractivity contribution is 9.10. The Balaban J connectivity index is 0.982. The van der Waals surface area contributed by atoms with Crippen LogP contribution in [0.25, 0.3) is 27.8 Å². The van der Waals surface area contributed by atoms with Crippen molar-refractivity contribution in [2.24, 2.45) is 14.1 Å². The summed E-state index contributed by atoms with van der Waals surface area (Å²) in [5.74, 6) is 0.877. The summed E-state index contributed by atoms with van der Waals surface area (Å²) in [4.78, 5) is 53.1. The SMILES string of the molecule is C=C(CN(Cc1nc2c(F)c(Cl)ccc2[nH]1)c1nc(N2CCN(C)CC2)nc2c(Br)cnn12)C(=O)N[C@@H]1CN(c2nc(Nc3cn(C)nc3OC)c3ncn(C)c3n2)C[C@H]1F. The minimum absolute atomic E-state index is 0.0157. The number of halogens is 4. The summed E-state index contributed by atoms with van der Waals surface area (Å²) in [6.07, 6.45) is 3.49. The van der Waals surface area contributed by atoms with Gasteiger partial charge in [-0.25, -0.2) is 18.7 Å². The minimum Gasteiger partial charge on any atom is -0.478 e. The van der Waals surface area contributed by atoms with Gasteiger partial charge in [0.2, 0.25) is 23.8 Å². The van der Waals surface area contributed by atoms with Gasteiger partial charge in [0.05, 0.1) is 66.5 Å². The molecule has 0 saturated carbocycles. The molecule has 20 nitrogen and oxygen atoms in total. The molecule has 0 bridgehead atoms. The predicted octanol–water partition coefficient (Wildman–Crippen LogP) is 3.38. The third-order valence-corrected chi connectivity index (χ3v) is 11.5. The molecule has 0 unspecified atom stereocenters. The van der Waals surface area contributed by atoms with E-state index in [2.05, 4.69) is 75.1 Å². The highest BCUT2D eigenvalue weighted by Gasteiger charge is 2.37. The summed E-state index contributed by atoms with van der Waals surface area (Å²) in [6.45, 7) is 7.04. The van der Waals surface area contributed by atoms with Crippen LogP contribution in [0, 0.1) is 5.82 Å². The van der Waals surface area contributed by atoms with Crippen LogP contribution in [0.1, 0.15) is 5.82 Å². The first-order valence-corrected chi connectivity index (χ1v) is 20.3. The predicted molar refractivity (Wildman–Crippen MR) is 228 cm³/mol. The van der Waals surface area contributed by atoms with Gasteiger partial charge >= 0.3 is 0 Å². The average Bonchev–Trinajstić information content (AvgIpc) is 4.08. The number of nitrogens with one attached hydrogen (secondary N) is 3. The second-order valence-electron chi connectivity index (χ2n) is 15.0. The molecule has 6 aromatic heterocycles. The fraction of sp³-hybridized carbons (Fsp3) is 0.378. The number of fused-ring (bicyclic) bond motifs is 3. The molecule has 7 aromatic rings. The molecule has 0 aliphatic carbocycles. The largest absolute Gasteiger partial charge is 0.478 e. The molecular formula is C37H40BrClF2N18O2. The fourth-order valence-electron chi connectivity index (χ4n) is 7.39. The number of alkyl halides is 1. The van der Waals surface area contributed by atoms with Gasteiger partial charge in [-0.1, -0.05) is 18.2 Å². The lowest BCUT2D eigenvalue weighted by atomic mass is 10.2. The van der Waals surface area contributed by atoms with Gasteiger partial charge < -0.3 is 44.5 Å². The van der Waals surface area contributed by atoms with Gasteiger partial charge in [0.1, 0.15) is 23.2 Å². The maximum atomic E-state index is 15.9. The smallest absolute Gasteiger partial charge is 0.256 e. The second kappa shape index (κ2) is 16.0. The van der Waals surface area contributed by atoms with Crippen LogP contribution in [0.3, 0.4) is 0 Å². The first kappa shape index (κ1) is 40.2. The average molecular weight is 922 g/mol. The number of aryl methyl sites for hydroxylation is 2. The molecule has 24 heteroatoms. The number of methoxy groups -OCH3 is 1. The van der Waals surface area contributed by atoms with Gasteiger partial charge in [-0.15, -0.1) is 5.10 Å². The van der Waals surface area contributed by atoms with Crippen molar-refractivity contribution >= 4 is 90.6 Å². The molecule has 2 atom stereocenters. The number of benzene rings is 1. The number of nitrogens with zero attached hydrogens (tertiary/aromatic N) is 15. The van der Waals surface area contributed by atoms with E-state index in [1.54, 1.807) is 62.4 Å². The van der Waals surface area contributed by atoms with E-state index in [0.29, 0.717) is 75.0 Å². The molecule has 2 saturated heterocycles. The topological polar surface area (TPSA) is 196 Å². The molecule has 61 heavy (non-hydrogen) atoms. The number of rotatable bonds is 12. The van der Waals surface area contributed by atoms with Crippen LogP contribution in [0.15, 0.2) is 47.5 Å². The van der Waals surface area contributed by atoms with Crippen LogP contribution in [-0.4, -0.2) is 142 Å². The number of aromatic nitrogens is 12. The van der Waals surface area contributed by atoms with E-state index >= 15 is 8.78 Å². The normalized spacial score (nSPS) is 17.2. The van der Waals surface area contributed by atoms with Gasteiger partial charge in [0.25, 0.3) is 5.88 Å². The van der Waals surface area contributed by atoms with Crippen molar-refractivity contribution < 1.29 is 18.3 Å². The molecule has 0 spiro atoms. The van der Waals surface area contributed by atoms with Crippen molar-refractivity contribution in [1.82, 2.24) is 69.1 Å². The van der Waals surface area contributed by atoms with Crippen LogP contribution in [-0.2, 0) is 25.4 Å². The highest BCUT2D eigenvalue weighted by Crippen LogP contribution is 2.32. The first-order valence-electron chi connectivity index (χ1n) is 19.2. The molecule has 2 aliphatic rings. The van der Waals surface area contributed by atoms with Gasteiger partial charge in [-0.3, -0.25) is 9.48 Å². The van der Waals surface area contributed by atoms with Crippen molar-refractivity contribution in [3.05, 3.63) is 64.1 Å². The van der Waals surface area contributed by atoms with Crippen molar-refractivity contribution in [1.29, 1.82) is 0 Å². The summed E-state index contributed by atoms with van der Waals surface area (Å²) in [6, 6.07) is 2.16. The second-order valence-corrected chi connectivity index (χ2v) is 16.3. The van der Waals surface area contributed by atoms with E-state index < -0.39 is 23.9 Å². The van der Waals surface area contributed by atoms with E-state index in [4.69, 9.17) is 36.3 Å². The summed E-state index contributed by atoms with van der Waals surface area (Å²) in [5.41, 5.74) is 2.66. The number of anilines is 5. The maximum Gasteiger partial charge on any atom is 0.256 e. The zero-order valence-electron chi connectivity index (χ0n) is 33.4. The molecule has 2 fully saturated rings. The number of imidazole rings is 2. The number of ether oxygens (including phenoxy) is 1. The molecule has 8 heterocycles. The molecule has 318 valence electrons. The van der Waals surface area contributed by atoms with Gasteiger partial charge in [0, 0.05) is 52.4 Å². The Morgan fingerprint density at radius 3 is 2.61 bits per heavy atom. The van der Waals surface area contributed by atoms with E-state index in [1.807, 2.05) is 0 Å². The zero-order chi connectivity index (χ0) is 42.7. The Bertz CT molecular complexity index is 2820. The number of carbonyl (C=O) groups is 1. The van der Waals surface area contributed by atoms with E-state index in [0.717, 1.165) is 13.1 Å². The van der Waals surface area contributed by atoms with Crippen LogP contribution in [0.2, 0.25) is 5.02 Å². The number of hydrogen-bond donors (Lipinski definition) is 3. The maximum absolute atomic E-state index is 15.9. The van der Waals surface area contributed by atoms with E-state index in [-0.39, 0.29) is 48.2 Å². The number of likely N-dealkylation sites (N-methyl/N-ethyl adjacent to an activating group) is 1. The highest BCUT2D eigenvalue weighted by atomic mass is 79.9. The lowest BCUT2D eigenvalue weighted by Gasteiger charge is -2.33. The summed E-state index contributed by atoms with van der Waals surface area (Å²) in [7, 11) is 7.13. The van der Waals surface area contributed by atoms with E-state index in [9.17, 15) is 4.79 Å². The van der Waals surface area contributed by atoms with Crippen molar-refractivity contribution in [2.45, 2.75) is 18.8 Å². The Morgan fingerprint density at radius 2 is 1.82 bits per heavy atom. The Labute approximate surface area is 359 Å². The molecule has 0 radical (unpaired) electrons. The molecule has 9 rings (SSSR count). The lowest BCUT2D eigenvalue weighted by Crippen LogP contribution is -2.45. The molecular weight excluding hydrogens is 882 g/mol. The Morgan fingerprint density at radius 1 is 1.05 bits per heavy atom. The third kappa shape index (κ3) is 7.71. The summed E-state index contributed by atoms with van der Waals surface area (Å²) in [5, 5.41) is 14.9. The van der Waals surface area contributed by atoms with Gasteiger partial charge in [-0.05, 0) is 35.1 Å². The quantitative estimate of drug-likeness (QED) is 0.151. The number of aromatic amines is 1. The van der Waals surface area contributed by atoms with Crippen LogP contribution < -0.4 is 30.1 Å². The zero-order valence-corrected chi connectivity index (χ0v) is 35.8. The van der Waals surface area contributed by atoms with E-state index in [1.165, 1.54) is 13.2 Å². The number of hydrogen-bond acceptors (Lipinski definition) is 15. The minimum atomic E-state index is -1.47. The Hall–Kier alpha value is -6.20. The molecule has 1 amide bonds. The Kier molecular flexibility index (Phi) is 10.6. The van der Waals surface area contributed by atoms with Crippen LogP contribution >= 0.6 is 27.5 Å².